The van der Waals surface area contributed by atoms with Crippen LogP contribution in [0.5, 0.6) is 11.5 Å². The molecule has 1 aromatic carbocycles. The highest BCUT2D eigenvalue weighted by molar-refractivity contribution is 5.43. The number of hydrogen-bond donors (Lipinski definition) is 1. The van der Waals surface area contributed by atoms with Gasteiger partial charge in [0.15, 0.2) is 0 Å². The van der Waals surface area contributed by atoms with E-state index in [0.717, 1.165) is 42.9 Å². The second kappa shape index (κ2) is 8.17. The molecule has 5 heteroatoms. The molecule has 0 saturated carbocycles. The Kier molecular flexibility index (Phi) is 5.90. The van der Waals surface area contributed by atoms with Crippen molar-refractivity contribution in [2.45, 2.75) is 46.2 Å². The second-order valence-corrected chi connectivity index (χ2v) is 7.53. The Morgan fingerprint density at radius 3 is 2.59 bits per heavy atom. The van der Waals surface area contributed by atoms with Crippen molar-refractivity contribution in [3.8, 4) is 11.5 Å². The summed E-state index contributed by atoms with van der Waals surface area (Å²) in [5.41, 5.74) is 2.11. The molecule has 1 aromatic heterocycles. The van der Waals surface area contributed by atoms with Crippen LogP contribution in [0.1, 0.15) is 49.6 Å². The highest BCUT2D eigenvalue weighted by Gasteiger charge is 2.31. The monoisotopic (exact) mass is 370 g/mol. The second-order valence-electron chi connectivity index (χ2n) is 7.53. The average Bonchev–Trinajstić information content (AvgIpc) is 2.66. The molecule has 1 aliphatic rings. The summed E-state index contributed by atoms with van der Waals surface area (Å²) in [6.07, 6.45) is 2.18. The third-order valence-corrected chi connectivity index (χ3v) is 5.71. The zero-order chi connectivity index (χ0) is 19.6. The summed E-state index contributed by atoms with van der Waals surface area (Å²) in [6.45, 7) is 8.48. The number of methoxy groups -OCH3 is 1. The molecule has 3 rings (SSSR count). The number of piperidine rings is 1. The fraction of sp³-hybridized carbons (Fsp3) is 0.500. The third kappa shape index (κ3) is 3.88. The lowest BCUT2D eigenvalue weighted by molar-refractivity contribution is 0.154. The third-order valence-electron chi connectivity index (χ3n) is 5.71. The van der Waals surface area contributed by atoms with Crippen molar-refractivity contribution >= 4 is 0 Å². The summed E-state index contributed by atoms with van der Waals surface area (Å²) in [5.74, 6) is 1.52. The molecule has 0 radical (unpaired) electrons. The minimum atomic E-state index is -0.279. The first kappa shape index (κ1) is 19.5. The predicted octanol–water partition coefficient (Wildman–Crippen LogP) is 3.71. The maximum atomic E-state index is 13.3. The van der Waals surface area contributed by atoms with Crippen molar-refractivity contribution in [1.82, 2.24) is 9.47 Å². The molecule has 2 heterocycles. The van der Waals surface area contributed by atoms with Crippen molar-refractivity contribution in [3.63, 3.8) is 0 Å². The number of likely N-dealkylation sites (tertiary alicyclic amines) is 1. The van der Waals surface area contributed by atoms with E-state index < -0.39 is 0 Å². The molecule has 1 atom stereocenters. The molecule has 27 heavy (non-hydrogen) atoms. The number of benzene rings is 1. The highest BCUT2D eigenvalue weighted by atomic mass is 16.5. The molecule has 1 aliphatic heterocycles. The van der Waals surface area contributed by atoms with Crippen LogP contribution in [0.15, 0.2) is 35.1 Å². The topological polar surface area (TPSA) is 54.7 Å². The van der Waals surface area contributed by atoms with E-state index in [1.54, 1.807) is 17.7 Å². The minimum Gasteiger partial charge on any atom is -0.507 e. The lowest BCUT2D eigenvalue weighted by Crippen LogP contribution is -2.40. The van der Waals surface area contributed by atoms with Gasteiger partial charge in [0.2, 0.25) is 0 Å². The van der Waals surface area contributed by atoms with E-state index in [-0.39, 0.29) is 17.4 Å². The summed E-state index contributed by atoms with van der Waals surface area (Å²) >= 11 is 0. The van der Waals surface area contributed by atoms with Crippen LogP contribution in [0, 0.1) is 12.8 Å². The standard InChI is InChI=1S/C22H30N2O3/c1-5-24-16(3)13-19(25)20(22(24)26)21(23-11-9-15(2)10-12-23)17-7-6-8-18(14-17)27-4/h6-8,13-15,21,25H,5,9-12H2,1-4H3/t21-/m1/s1. The molecular weight excluding hydrogens is 340 g/mol. The molecule has 146 valence electrons. The molecule has 0 bridgehead atoms. The molecule has 0 unspecified atom stereocenters. The van der Waals surface area contributed by atoms with E-state index >= 15 is 0 Å². The van der Waals surface area contributed by atoms with E-state index in [1.807, 2.05) is 38.1 Å². The van der Waals surface area contributed by atoms with Gasteiger partial charge in [-0.1, -0.05) is 19.1 Å². The van der Waals surface area contributed by atoms with Gasteiger partial charge in [-0.25, -0.2) is 0 Å². The van der Waals surface area contributed by atoms with Crippen LogP contribution in [0.2, 0.25) is 0 Å². The van der Waals surface area contributed by atoms with Gasteiger partial charge >= 0.3 is 0 Å². The molecule has 5 nitrogen and oxygen atoms in total. The van der Waals surface area contributed by atoms with Crippen LogP contribution in [0.3, 0.4) is 0 Å². The van der Waals surface area contributed by atoms with Gasteiger partial charge in [0, 0.05) is 12.2 Å². The molecule has 0 spiro atoms. The van der Waals surface area contributed by atoms with Crippen LogP contribution >= 0.6 is 0 Å². The summed E-state index contributed by atoms with van der Waals surface area (Å²) in [5, 5.41) is 10.8. The van der Waals surface area contributed by atoms with Crippen molar-refractivity contribution in [2.75, 3.05) is 20.2 Å². The quantitative estimate of drug-likeness (QED) is 0.872. The van der Waals surface area contributed by atoms with Gasteiger partial charge in [-0.3, -0.25) is 9.69 Å². The SMILES string of the molecule is CCn1c(C)cc(O)c([C@@H](c2cccc(OC)c2)N2CCC(C)CC2)c1=O. The van der Waals surface area contributed by atoms with Crippen LogP contribution in [-0.4, -0.2) is 34.8 Å². The molecule has 2 aromatic rings. The van der Waals surface area contributed by atoms with Crippen molar-refractivity contribution in [3.05, 3.63) is 57.5 Å². The summed E-state index contributed by atoms with van der Waals surface area (Å²) in [4.78, 5) is 15.6. The van der Waals surface area contributed by atoms with Crippen LogP contribution in [0.4, 0.5) is 0 Å². The molecular formula is C22H30N2O3. The minimum absolute atomic E-state index is 0.0774. The Bertz CT molecular complexity index is 851. The van der Waals surface area contributed by atoms with E-state index in [1.165, 1.54) is 0 Å². The van der Waals surface area contributed by atoms with E-state index in [9.17, 15) is 9.90 Å². The van der Waals surface area contributed by atoms with Gasteiger partial charge in [-0.2, -0.15) is 0 Å². The fourth-order valence-corrected chi connectivity index (χ4v) is 4.08. The molecule has 1 fully saturated rings. The maximum absolute atomic E-state index is 13.3. The Balaban J connectivity index is 2.17. The maximum Gasteiger partial charge on any atom is 0.259 e. The first-order valence-corrected chi connectivity index (χ1v) is 9.77. The number of pyridine rings is 1. The predicted molar refractivity (Wildman–Crippen MR) is 108 cm³/mol. The largest absolute Gasteiger partial charge is 0.507 e. The van der Waals surface area contributed by atoms with Crippen molar-refractivity contribution in [1.29, 1.82) is 0 Å². The number of aromatic hydroxyl groups is 1. The number of aryl methyl sites for hydroxylation is 1. The molecule has 0 aliphatic carbocycles. The average molecular weight is 370 g/mol. The van der Waals surface area contributed by atoms with Crippen molar-refractivity contribution < 1.29 is 9.84 Å². The zero-order valence-electron chi connectivity index (χ0n) is 16.7. The van der Waals surface area contributed by atoms with Gasteiger partial charge in [0.05, 0.1) is 18.7 Å². The summed E-state index contributed by atoms with van der Waals surface area (Å²) in [6, 6.07) is 9.26. The lowest BCUT2D eigenvalue weighted by Gasteiger charge is -2.37. The number of rotatable bonds is 5. The first-order valence-electron chi connectivity index (χ1n) is 9.77. The smallest absolute Gasteiger partial charge is 0.259 e. The van der Waals surface area contributed by atoms with E-state index in [0.29, 0.717) is 18.0 Å². The first-order chi connectivity index (χ1) is 13.0. The van der Waals surface area contributed by atoms with Crippen LogP contribution in [0.25, 0.3) is 0 Å². The summed E-state index contributed by atoms with van der Waals surface area (Å²) < 4.78 is 7.14. The number of nitrogens with zero attached hydrogens (tertiary/aromatic N) is 2. The van der Waals surface area contributed by atoms with Gasteiger partial charge in [-0.05, 0) is 69.5 Å². The number of ether oxygens (including phenoxy) is 1. The number of hydrogen-bond acceptors (Lipinski definition) is 4. The number of aromatic nitrogens is 1. The van der Waals surface area contributed by atoms with Gasteiger partial charge in [0.1, 0.15) is 11.5 Å². The highest BCUT2D eigenvalue weighted by Crippen LogP contribution is 2.36. The normalized spacial score (nSPS) is 17.0. The lowest BCUT2D eigenvalue weighted by atomic mass is 9.92. The Labute approximate surface area is 161 Å². The van der Waals surface area contributed by atoms with Gasteiger partial charge in [0.25, 0.3) is 5.56 Å². The Morgan fingerprint density at radius 1 is 1.26 bits per heavy atom. The Morgan fingerprint density at radius 2 is 1.96 bits per heavy atom. The molecule has 0 amide bonds. The van der Waals surface area contributed by atoms with E-state index in [2.05, 4.69) is 11.8 Å². The fourth-order valence-electron chi connectivity index (χ4n) is 4.08. The van der Waals surface area contributed by atoms with Crippen LogP contribution in [-0.2, 0) is 6.54 Å². The summed E-state index contributed by atoms with van der Waals surface area (Å²) in [7, 11) is 1.64. The zero-order valence-corrected chi connectivity index (χ0v) is 16.7. The van der Waals surface area contributed by atoms with E-state index in [4.69, 9.17) is 4.74 Å². The van der Waals surface area contributed by atoms with Crippen LogP contribution < -0.4 is 10.3 Å². The van der Waals surface area contributed by atoms with Gasteiger partial charge < -0.3 is 14.4 Å². The Hall–Kier alpha value is -2.27. The molecule has 1 N–H and O–H groups in total. The van der Waals surface area contributed by atoms with Gasteiger partial charge in [-0.15, -0.1) is 0 Å². The van der Waals surface area contributed by atoms with Crippen molar-refractivity contribution in [2.24, 2.45) is 5.92 Å². The molecule has 1 saturated heterocycles.